The van der Waals surface area contributed by atoms with Gasteiger partial charge in [-0.05, 0) is 44.7 Å². The molecule has 1 atom stereocenters. The van der Waals surface area contributed by atoms with Crippen LogP contribution in [-0.4, -0.2) is 24.1 Å². The Hall–Kier alpha value is -1.20. The summed E-state index contributed by atoms with van der Waals surface area (Å²) in [7, 11) is 1.64. The minimum absolute atomic E-state index is 0.632. The van der Waals surface area contributed by atoms with Crippen molar-refractivity contribution in [2.75, 3.05) is 17.9 Å². The van der Waals surface area contributed by atoms with E-state index in [1.807, 2.05) is 19.9 Å². The average molecular weight is 240 g/mol. The molecule has 16 heavy (non-hydrogen) atoms. The van der Waals surface area contributed by atoms with Crippen LogP contribution in [-0.2, 0) is 11.2 Å². The Morgan fingerprint density at radius 1 is 1.50 bits per heavy atom. The molecule has 0 fully saturated rings. The minimum Gasteiger partial charge on any atom is -0.298 e. The van der Waals surface area contributed by atoms with Crippen molar-refractivity contribution in [1.29, 1.82) is 0 Å². The van der Waals surface area contributed by atoms with E-state index in [0.717, 1.165) is 17.5 Å². The van der Waals surface area contributed by atoms with Crippen LogP contribution in [0.1, 0.15) is 22.8 Å². The summed E-state index contributed by atoms with van der Waals surface area (Å²) in [5.41, 5.74) is 2.40. The van der Waals surface area contributed by atoms with E-state index in [1.54, 1.807) is 23.5 Å². The van der Waals surface area contributed by atoms with Gasteiger partial charge in [0.25, 0.3) is 0 Å². The van der Waals surface area contributed by atoms with Gasteiger partial charge in [0.15, 0.2) is 11.2 Å². The summed E-state index contributed by atoms with van der Waals surface area (Å²) in [5, 5.41) is 0. The van der Waals surface area contributed by atoms with Crippen LogP contribution in [0.2, 0.25) is 0 Å². The SMILES string of the molecule is CCN(c1ccc(C=O)c(C)c1)S(=O)NC. The zero-order valence-electron chi connectivity index (χ0n) is 9.69. The van der Waals surface area contributed by atoms with Gasteiger partial charge in [0.1, 0.15) is 6.29 Å². The molecule has 0 aliphatic heterocycles. The summed E-state index contributed by atoms with van der Waals surface area (Å²) >= 11 is -1.24. The largest absolute Gasteiger partial charge is 0.298 e. The van der Waals surface area contributed by atoms with Crippen molar-refractivity contribution in [2.45, 2.75) is 13.8 Å². The first-order chi connectivity index (χ1) is 7.63. The highest BCUT2D eigenvalue weighted by Gasteiger charge is 2.11. The number of hydrogen-bond acceptors (Lipinski definition) is 2. The fraction of sp³-hybridized carbons (Fsp3) is 0.364. The summed E-state index contributed by atoms with van der Waals surface area (Å²) in [4.78, 5) is 10.7. The second-order valence-corrected chi connectivity index (χ2v) is 4.65. The number of benzene rings is 1. The lowest BCUT2D eigenvalue weighted by atomic mass is 10.1. The number of rotatable bonds is 5. The van der Waals surface area contributed by atoms with Gasteiger partial charge in [0, 0.05) is 12.1 Å². The molecule has 1 aromatic carbocycles. The summed E-state index contributed by atoms with van der Waals surface area (Å²) in [6, 6.07) is 5.41. The Bertz CT molecular complexity index is 407. The van der Waals surface area contributed by atoms with Crippen LogP contribution in [0.25, 0.3) is 0 Å². The van der Waals surface area contributed by atoms with Gasteiger partial charge >= 0.3 is 0 Å². The van der Waals surface area contributed by atoms with Gasteiger partial charge in [0.05, 0.1) is 5.69 Å². The van der Waals surface area contributed by atoms with Crippen molar-refractivity contribution in [1.82, 2.24) is 4.72 Å². The second-order valence-electron chi connectivity index (χ2n) is 3.31. The zero-order valence-corrected chi connectivity index (χ0v) is 10.5. The molecule has 0 aliphatic rings. The van der Waals surface area contributed by atoms with Crippen LogP contribution in [0, 0.1) is 6.92 Å². The third kappa shape index (κ3) is 2.68. The Labute approximate surface area is 98.4 Å². The summed E-state index contributed by atoms with van der Waals surface area (Å²) in [6.45, 7) is 4.43. The molecule has 1 unspecified atom stereocenters. The third-order valence-corrected chi connectivity index (χ3v) is 3.55. The minimum atomic E-state index is -1.24. The fourth-order valence-electron chi connectivity index (χ4n) is 1.45. The molecule has 0 radical (unpaired) electrons. The molecule has 1 rings (SSSR count). The average Bonchev–Trinajstić information content (AvgIpc) is 2.30. The Morgan fingerprint density at radius 3 is 2.62 bits per heavy atom. The highest BCUT2D eigenvalue weighted by molar-refractivity contribution is 7.84. The Morgan fingerprint density at radius 2 is 2.19 bits per heavy atom. The van der Waals surface area contributed by atoms with Crippen molar-refractivity contribution in [3.63, 3.8) is 0 Å². The van der Waals surface area contributed by atoms with Crippen LogP contribution >= 0.6 is 0 Å². The molecule has 1 aromatic rings. The summed E-state index contributed by atoms with van der Waals surface area (Å²) in [5.74, 6) is 0. The van der Waals surface area contributed by atoms with Crippen LogP contribution in [0.3, 0.4) is 0 Å². The predicted octanol–water partition coefficient (Wildman–Crippen LogP) is 1.43. The molecule has 5 heteroatoms. The number of anilines is 1. The predicted molar refractivity (Wildman–Crippen MR) is 66.8 cm³/mol. The molecule has 0 heterocycles. The fourth-order valence-corrected chi connectivity index (χ4v) is 2.21. The molecule has 0 amide bonds. The quantitative estimate of drug-likeness (QED) is 0.792. The van der Waals surface area contributed by atoms with Crippen LogP contribution < -0.4 is 9.03 Å². The van der Waals surface area contributed by atoms with Crippen molar-refractivity contribution >= 4 is 23.1 Å². The lowest BCUT2D eigenvalue weighted by Gasteiger charge is -2.21. The maximum absolute atomic E-state index is 11.7. The van der Waals surface area contributed by atoms with Crippen LogP contribution in [0.4, 0.5) is 5.69 Å². The first-order valence-electron chi connectivity index (χ1n) is 5.06. The maximum Gasteiger partial charge on any atom is 0.195 e. The zero-order chi connectivity index (χ0) is 12.1. The van der Waals surface area contributed by atoms with Crippen molar-refractivity contribution in [3.8, 4) is 0 Å². The first-order valence-corrected chi connectivity index (χ1v) is 6.17. The van der Waals surface area contributed by atoms with Gasteiger partial charge in [-0.25, -0.2) is 8.93 Å². The standard InChI is InChI=1S/C11H16N2O2S/c1-4-13(16(15)12-3)11-6-5-10(8-14)9(2)7-11/h5-8,12H,4H2,1-3H3. The molecule has 0 aromatic heterocycles. The topological polar surface area (TPSA) is 49.4 Å². The number of aryl methyl sites for hydroxylation is 1. The molecule has 0 bridgehead atoms. The summed E-state index contributed by atoms with van der Waals surface area (Å²) in [6.07, 6.45) is 0.824. The van der Waals surface area contributed by atoms with E-state index in [2.05, 4.69) is 4.72 Å². The van der Waals surface area contributed by atoms with Gasteiger partial charge in [-0.2, -0.15) is 0 Å². The van der Waals surface area contributed by atoms with E-state index in [-0.39, 0.29) is 0 Å². The van der Waals surface area contributed by atoms with Gasteiger partial charge in [-0.3, -0.25) is 9.10 Å². The molecule has 0 saturated heterocycles. The molecular weight excluding hydrogens is 224 g/mol. The monoisotopic (exact) mass is 240 g/mol. The third-order valence-electron chi connectivity index (χ3n) is 2.33. The highest BCUT2D eigenvalue weighted by Crippen LogP contribution is 2.19. The highest BCUT2D eigenvalue weighted by atomic mass is 32.2. The lowest BCUT2D eigenvalue weighted by molar-refractivity contribution is 0.112. The molecule has 88 valence electrons. The van der Waals surface area contributed by atoms with Gasteiger partial charge in [0.2, 0.25) is 0 Å². The number of hydrogen-bond donors (Lipinski definition) is 1. The second kappa shape index (κ2) is 5.77. The van der Waals surface area contributed by atoms with Crippen molar-refractivity contribution in [3.05, 3.63) is 29.3 Å². The van der Waals surface area contributed by atoms with E-state index >= 15 is 0 Å². The number of carbonyl (C=O) groups is 1. The number of carbonyl (C=O) groups excluding carboxylic acids is 1. The molecule has 0 aliphatic carbocycles. The van der Waals surface area contributed by atoms with Gasteiger partial charge in [-0.15, -0.1) is 0 Å². The van der Waals surface area contributed by atoms with Crippen LogP contribution in [0.15, 0.2) is 18.2 Å². The first kappa shape index (κ1) is 12.9. The Balaban J connectivity index is 3.07. The van der Waals surface area contributed by atoms with E-state index in [9.17, 15) is 9.00 Å². The van der Waals surface area contributed by atoms with Crippen molar-refractivity contribution < 1.29 is 9.00 Å². The van der Waals surface area contributed by atoms with E-state index in [4.69, 9.17) is 0 Å². The molecule has 4 nitrogen and oxygen atoms in total. The number of aldehydes is 1. The van der Waals surface area contributed by atoms with E-state index in [0.29, 0.717) is 12.1 Å². The van der Waals surface area contributed by atoms with Gasteiger partial charge < -0.3 is 0 Å². The molecular formula is C11H16N2O2S. The Kier molecular flexibility index (Phi) is 4.64. The van der Waals surface area contributed by atoms with E-state index < -0.39 is 11.2 Å². The van der Waals surface area contributed by atoms with Crippen molar-refractivity contribution in [2.24, 2.45) is 0 Å². The summed E-state index contributed by atoms with van der Waals surface area (Å²) < 4.78 is 16.1. The normalized spacial score (nSPS) is 12.2. The maximum atomic E-state index is 11.7. The number of nitrogens with zero attached hydrogens (tertiary/aromatic N) is 1. The number of nitrogens with one attached hydrogen (secondary N) is 1. The molecule has 0 saturated carbocycles. The smallest absolute Gasteiger partial charge is 0.195 e. The molecule has 1 N–H and O–H groups in total. The van der Waals surface area contributed by atoms with Crippen LogP contribution in [0.5, 0.6) is 0 Å². The molecule has 0 spiro atoms. The van der Waals surface area contributed by atoms with E-state index in [1.165, 1.54) is 0 Å². The van der Waals surface area contributed by atoms with Gasteiger partial charge in [-0.1, -0.05) is 0 Å². The lowest BCUT2D eigenvalue weighted by Crippen LogP contribution is -2.33.